The minimum absolute atomic E-state index is 0.0746. The lowest BCUT2D eigenvalue weighted by Crippen LogP contribution is -2.53. The maximum atomic E-state index is 11.9. The molecule has 0 aromatic carbocycles. The molecule has 7 heteroatoms. The molecular weight excluding hydrogens is 272 g/mol. The van der Waals surface area contributed by atoms with Crippen LogP contribution in [-0.4, -0.2) is 47.9 Å². The molecule has 1 aliphatic heterocycles. The molecule has 1 fully saturated rings. The lowest BCUT2D eigenvalue weighted by Gasteiger charge is -2.33. The number of urea groups is 1. The van der Waals surface area contributed by atoms with Crippen LogP contribution in [0.4, 0.5) is 4.79 Å². The average Bonchev–Trinajstić information content (AvgIpc) is 2.39. The van der Waals surface area contributed by atoms with E-state index in [1.54, 1.807) is 6.92 Å². The molecule has 1 N–H and O–H groups in total. The zero-order chi connectivity index (χ0) is 14.3. The zero-order valence-corrected chi connectivity index (χ0v) is 11.7. The van der Waals surface area contributed by atoms with Gasteiger partial charge in [0.05, 0.1) is 6.61 Å². The molecule has 1 unspecified atom stereocenters. The van der Waals surface area contributed by atoms with E-state index in [1.807, 2.05) is 0 Å². The van der Waals surface area contributed by atoms with E-state index in [2.05, 4.69) is 5.32 Å². The number of alkyl halides is 1. The largest absolute Gasteiger partial charge is 0.464 e. The van der Waals surface area contributed by atoms with Crippen molar-refractivity contribution in [1.29, 1.82) is 0 Å². The predicted molar refractivity (Wildman–Crippen MR) is 69.9 cm³/mol. The van der Waals surface area contributed by atoms with Crippen LogP contribution in [-0.2, 0) is 14.3 Å². The minimum Gasteiger partial charge on any atom is -0.464 e. The summed E-state index contributed by atoms with van der Waals surface area (Å²) in [6.45, 7) is 2.44. The Kier molecular flexibility index (Phi) is 6.62. The Balaban J connectivity index is 2.63. The fourth-order valence-electron chi connectivity index (χ4n) is 2.00. The van der Waals surface area contributed by atoms with Crippen molar-refractivity contribution in [2.24, 2.45) is 0 Å². The Bertz CT molecular complexity index is 349. The summed E-state index contributed by atoms with van der Waals surface area (Å²) in [7, 11) is 0. The van der Waals surface area contributed by atoms with E-state index in [4.69, 9.17) is 16.3 Å². The summed E-state index contributed by atoms with van der Waals surface area (Å²) in [6.07, 6.45) is 2.32. The van der Waals surface area contributed by atoms with Crippen molar-refractivity contribution in [3.05, 3.63) is 0 Å². The molecule has 108 valence electrons. The molecule has 19 heavy (non-hydrogen) atoms. The van der Waals surface area contributed by atoms with Crippen molar-refractivity contribution < 1.29 is 19.1 Å². The van der Waals surface area contributed by atoms with Gasteiger partial charge in [0, 0.05) is 18.8 Å². The van der Waals surface area contributed by atoms with E-state index in [0.29, 0.717) is 13.0 Å². The van der Waals surface area contributed by atoms with Crippen LogP contribution in [0.3, 0.4) is 0 Å². The molecule has 0 aromatic rings. The fourth-order valence-corrected chi connectivity index (χ4v) is 2.17. The van der Waals surface area contributed by atoms with Crippen LogP contribution < -0.4 is 5.32 Å². The van der Waals surface area contributed by atoms with Gasteiger partial charge in [0.25, 0.3) is 0 Å². The summed E-state index contributed by atoms with van der Waals surface area (Å²) in [6, 6.07) is -1.15. The van der Waals surface area contributed by atoms with Crippen LogP contribution in [0.5, 0.6) is 0 Å². The van der Waals surface area contributed by atoms with E-state index in [9.17, 15) is 14.4 Å². The number of halogens is 1. The van der Waals surface area contributed by atoms with Gasteiger partial charge in [-0.1, -0.05) is 0 Å². The standard InChI is InChI=1S/C12H19ClN2O4/c1-2-19-11(17)9-5-3-4-8-15(9)12(18)14-10(16)6-7-13/h9H,2-8H2,1H3,(H,14,16,18). The summed E-state index contributed by atoms with van der Waals surface area (Å²) < 4.78 is 4.95. The molecule has 0 bridgehead atoms. The third-order valence-corrected chi connectivity index (χ3v) is 3.08. The van der Waals surface area contributed by atoms with Crippen LogP contribution in [0, 0.1) is 0 Å². The number of nitrogens with one attached hydrogen (secondary N) is 1. The molecule has 1 saturated heterocycles. The van der Waals surface area contributed by atoms with E-state index in [0.717, 1.165) is 12.8 Å². The summed E-state index contributed by atoms with van der Waals surface area (Å²) in [4.78, 5) is 36.4. The Morgan fingerprint density at radius 2 is 2.11 bits per heavy atom. The first-order chi connectivity index (χ1) is 9.10. The first kappa shape index (κ1) is 15.8. The number of carbonyl (C=O) groups excluding carboxylic acids is 3. The van der Waals surface area contributed by atoms with E-state index in [-0.39, 0.29) is 18.9 Å². The second-order valence-electron chi connectivity index (χ2n) is 4.25. The highest BCUT2D eigenvalue weighted by molar-refractivity contribution is 6.19. The van der Waals surface area contributed by atoms with Crippen molar-refractivity contribution in [2.75, 3.05) is 19.0 Å². The normalized spacial score (nSPS) is 18.8. The highest BCUT2D eigenvalue weighted by Gasteiger charge is 2.33. The number of amides is 3. The summed E-state index contributed by atoms with van der Waals surface area (Å²) in [5.74, 6) is -0.698. The highest BCUT2D eigenvalue weighted by Crippen LogP contribution is 2.18. The number of likely N-dealkylation sites (tertiary alicyclic amines) is 1. The molecule has 1 aliphatic rings. The number of hydrogen-bond donors (Lipinski definition) is 1. The Morgan fingerprint density at radius 3 is 2.74 bits per heavy atom. The molecule has 1 heterocycles. The van der Waals surface area contributed by atoms with Crippen molar-refractivity contribution >= 4 is 29.5 Å². The van der Waals surface area contributed by atoms with E-state index >= 15 is 0 Å². The van der Waals surface area contributed by atoms with Crippen LogP contribution in [0.2, 0.25) is 0 Å². The first-order valence-electron chi connectivity index (χ1n) is 6.43. The number of rotatable bonds is 4. The van der Waals surface area contributed by atoms with Gasteiger partial charge in [0.15, 0.2) is 0 Å². The number of imide groups is 1. The minimum atomic E-state index is -0.600. The van der Waals surface area contributed by atoms with Crippen LogP contribution >= 0.6 is 11.6 Å². The van der Waals surface area contributed by atoms with Crippen molar-refractivity contribution in [1.82, 2.24) is 10.2 Å². The van der Waals surface area contributed by atoms with Crippen LogP contribution in [0.15, 0.2) is 0 Å². The van der Waals surface area contributed by atoms with Gasteiger partial charge in [-0.2, -0.15) is 0 Å². The van der Waals surface area contributed by atoms with Crippen molar-refractivity contribution in [2.45, 2.75) is 38.6 Å². The van der Waals surface area contributed by atoms with Crippen molar-refractivity contribution in [3.8, 4) is 0 Å². The Hall–Kier alpha value is -1.30. The average molecular weight is 291 g/mol. The molecule has 1 rings (SSSR count). The Labute approximate surface area is 117 Å². The SMILES string of the molecule is CCOC(=O)C1CCCCN1C(=O)NC(=O)CCCl. The number of carbonyl (C=O) groups is 3. The molecule has 6 nitrogen and oxygen atoms in total. The van der Waals surface area contributed by atoms with Gasteiger partial charge in [-0.05, 0) is 26.2 Å². The van der Waals surface area contributed by atoms with Gasteiger partial charge in [-0.25, -0.2) is 9.59 Å². The van der Waals surface area contributed by atoms with Crippen LogP contribution in [0.1, 0.15) is 32.6 Å². The molecule has 0 aliphatic carbocycles. The third-order valence-electron chi connectivity index (χ3n) is 2.89. The molecule has 3 amide bonds. The molecule has 0 saturated carbocycles. The summed E-state index contributed by atoms with van der Waals surface area (Å²) in [5.41, 5.74) is 0. The summed E-state index contributed by atoms with van der Waals surface area (Å²) in [5, 5.41) is 2.23. The van der Waals surface area contributed by atoms with Gasteiger partial charge in [0.1, 0.15) is 6.04 Å². The first-order valence-corrected chi connectivity index (χ1v) is 6.96. The monoisotopic (exact) mass is 290 g/mol. The van der Waals surface area contributed by atoms with Gasteiger partial charge in [-0.15, -0.1) is 11.6 Å². The maximum absolute atomic E-state index is 11.9. The lowest BCUT2D eigenvalue weighted by atomic mass is 10.0. The molecule has 1 atom stereocenters. The number of piperidine rings is 1. The lowest BCUT2D eigenvalue weighted by molar-refractivity contribution is -0.149. The quantitative estimate of drug-likeness (QED) is 0.625. The highest BCUT2D eigenvalue weighted by atomic mass is 35.5. The maximum Gasteiger partial charge on any atom is 0.328 e. The second kappa shape index (κ2) is 7.99. The summed E-state index contributed by atoms with van der Waals surface area (Å²) >= 11 is 5.43. The molecule has 0 aromatic heterocycles. The number of esters is 1. The smallest absolute Gasteiger partial charge is 0.328 e. The van der Waals surface area contributed by atoms with E-state index < -0.39 is 23.9 Å². The van der Waals surface area contributed by atoms with Crippen LogP contribution in [0.25, 0.3) is 0 Å². The molecule has 0 spiro atoms. The second-order valence-corrected chi connectivity index (χ2v) is 4.63. The van der Waals surface area contributed by atoms with Gasteiger partial charge in [-0.3, -0.25) is 10.1 Å². The topological polar surface area (TPSA) is 75.7 Å². The Morgan fingerprint density at radius 1 is 1.37 bits per heavy atom. The van der Waals surface area contributed by atoms with Gasteiger partial charge >= 0.3 is 12.0 Å². The van der Waals surface area contributed by atoms with Gasteiger partial charge in [0.2, 0.25) is 5.91 Å². The van der Waals surface area contributed by atoms with Gasteiger partial charge < -0.3 is 9.64 Å². The number of ether oxygens (including phenoxy) is 1. The van der Waals surface area contributed by atoms with E-state index in [1.165, 1.54) is 4.90 Å². The van der Waals surface area contributed by atoms with Crippen molar-refractivity contribution in [3.63, 3.8) is 0 Å². The molecule has 0 radical (unpaired) electrons. The zero-order valence-electron chi connectivity index (χ0n) is 11.0. The molecular formula is C12H19ClN2O4. The fraction of sp³-hybridized carbons (Fsp3) is 0.750. The third kappa shape index (κ3) is 4.70. The number of hydrogen-bond acceptors (Lipinski definition) is 4. The number of nitrogens with zero attached hydrogens (tertiary/aromatic N) is 1. The predicted octanol–water partition coefficient (Wildman–Crippen LogP) is 1.27.